The van der Waals surface area contributed by atoms with Crippen LogP contribution in [0, 0.1) is 0 Å². The Morgan fingerprint density at radius 1 is 1.38 bits per heavy atom. The van der Waals surface area contributed by atoms with E-state index >= 15 is 0 Å². The second kappa shape index (κ2) is 3.84. The van der Waals surface area contributed by atoms with Gasteiger partial charge in [-0.15, -0.1) is 0 Å². The first-order chi connectivity index (χ1) is 7.54. The smallest absolute Gasteiger partial charge is 0.310 e. The van der Waals surface area contributed by atoms with Crippen molar-refractivity contribution >= 4 is 22.1 Å². The lowest BCUT2D eigenvalue weighted by Crippen LogP contribution is -2.24. The molecule has 1 unspecified atom stereocenters. The van der Waals surface area contributed by atoms with Gasteiger partial charge in [-0.05, 0) is 23.3 Å². The SMILES string of the molecule is Cn1c(=O)c([S+](C)[O-])c(O)c2ccccc21. The van der Waals surface area contributed by atoms with E-state index in [0.717, 1.165) is 0 Å². The van der Waals surface area contributed by atoms with Gasteiger partial charge in [0.1, 0.15) is 6.26 Å². The van der Waals surface area contributed by atoms with Crippen LogP contribution in [0.4, 0.5) is 0 Å². The molecule has 1 heterocycles. The van der Waals surface area contributed by atoms with Crippen LogP contribution in [0.3, 0.4) is 0 Å². The summed E-state index contributed by atoms with van der Waals surface area (Å²) in [5.74, 6) is -0.181. The number of rotatable bonds is 1. The molecule has 0 aliphatic heterocycles. The Hall–Kier alpha value is -1.46. The van der Waals surface area contributed by atoms with Gasteiger partial charge in [0.15, 0.2) is 5.75 Å². The molecule has 0 spiro atoms. The van der Waals surface area contributed by atoms with E-state index in [-0.39, 0.29) is 10.6 Å². The van der Waals surface area contributed by atoms with Gasteiger partial charge < -0.3 is 14.2 Å². The van der Waals surface area contributed by atoms with Crippen molar-refractivity contribution in [3.8, 4) is 5.75 Å². The van der Waals surface area contributed by atoms with E-state index < -0.39 is 16.7 Å². The highest BCUT2D eigenvalue weighted by Crippen LogP contribution is 2.28. The van der Waals surface area contributed by atoms with E-state index in [1.54, 1.807) is 31.3 Å². The second-order valence-electron chi connectivity index (χ2n) is 3.51. The van der Waals surface area contributed by atoms with E-state index in [2.05, 4.69) is 0 Å². The molecule has 0 radical (unpaired) electrons. The third-order valence-electron chi connectivity index (χ3n) is 2.52. The number of aryl methyl sites for hydroxylation is 1. The minimum atomic E-state index is -1.50. The van der Waals surface area contributed by atoms with Crippen molar-refractivity contribution in [2.75, 3.05) is 6.26 Å². The van der Waals surface area contributed by atoms with Crippen molar-refractivity contribution in [2.45, 2.75) is 4.90 Å². The van der Waals surface area contributed by atoms with Gasteiger partial charge in [0.05, 0.1) is 5.52 Å². The summed E-state index contributed by atoms with van der Waals surface area (Å²) in [6.45, 7) is 0. The fraction of sp³-hybridized carbons (Fsp3) is 0.182. The zero-order valence-electron chi connectivity index (χ0n) is 8.93. The number of pyridine rings is 1. The maximum absolute atomic E-state index is 11.9. The molecule has 2 rings (SSSR count). The lowest BCUT2D eigenvalue weighted by Gasteiger charge is -2.11. The Balaban J connectivity index is 3.01. The van der Waals surface area contributed by atoms with E-state index in [1.807, 2.05) is 0 Å². The summed E-state index contributed by atoms with van der Waals surface area (Å²) in [5.41, 5.74) is 0.205. The number of fused-ring (bicyclic) bond motifs is 1. The largest absolute Gasteiger partial charge is 0.611 e. The Labute approximate surface area is 95.3 Å². The van der Waals surface area contributed by atoms with E-state index in [9.17, 15) is 14.5 Å². The fourth-order valence-corrected chi connectivity index (χ4v) is 2.48. The predicted molar refractivity (Wildman–Crippen MR) is 63.2 cm³/mol. The highest BCUT2D eigenvalue weighted by molar-refractivity contribution is 7.90. The molecule has 5 heteroatoms. The summed E-state index contributed by atoms with van der Waals surface area (Å²) in [7, 11) is 1.60. The van der Waals surface area contributed by atoms with Crippen LogP contribution in [0.5, 0.6) is 5.75 Å². The maximum Gasteiger partial charge on any atom is 0.310 e. The molecular formula is C11H11NO3S. The van der Waals surface area contributed by atoms with Crippen molar-refractivity contribution < 1.29 is 9.66 Å². The van der Waals surface area contributed by atoms with Gasteiger partial charge in [0.25, 0.3) is 4.90 Å². The molecule has 1 aromatic heterocycles. The zero-order valence-corrected chi connectivity index (χ0v) is 9.75. The first-order valence-electron chi connectivity index (χ1n) is 4.68. The van der Waals surface area contributed by atoms with Crippen LogP contribution in [0.2, 0.25) is 0 Å². The molecule has 4 nitrogen and oxygen atoms in total. The summed E-state index contributed by atoms with van der Waals surface area (Å²) in [5, 5.41) is 10.5. The Morgan fingerprint density at radius 3 is 2.62 bits per heavy atom. The van der Waals surface area contributed by atoms with Crippen molar-refractivity contribution in [1.82, 2.24) is 4.57 Å². The molecule has 0 aliphatic rings. The number of aromatic hydroxyl groups is 1. The molecule has 84 valence electrons. The number of hydrogen-bond acceptors (Lipinski definition) is 3. The number of aromatic nitrogens is 1. The third-order valence-corrected chi connectivity index (χ3v) is 3.46. The Kier molecular flexibility index (Phi) is 2.65. The second-order valence-corrected chi connectivity index (χ2v) is 4.83. The zero-order chi connectivity index (χ0) is 11.9. The van der Waals surface area contributed by atoms with Crippen LogP contribution >= 0.6 is 0 Å². The van der Waals surface area contributed by atoms with E-state index in [0.29, 0.717) is 10.9 Å². The summed E-state index contributed by atoms with van der Waals surface area (Å²) in [6.07, 6.45) is 1.38. The summed E-state index contributed by atoms with van der Waals surface area (Å²) in [6, 6.07) is 6.97. The molecule has 0 amide bonds. The summed E-state index contributed by atoms with van der Waals surface area (Å²) < 4.78 is 12.8. The van der Waals surface area contributed by atoms with Crippen LogP contribution in [0.25, 0.3) is 10.9 Å². The molecule has 0 fully saturated rings. The molecule has 1 atom stereocenters. The average Bonchev–Trinajstić information content (AvgIpc) is 2.26. The molecule has 1 aromatic carbocycles. The molecule has 0 saturated carbocycles. The van der Waals surface area contributed by atoms with Crippen LogP contribution in [-0.2, 0) is 18.2 Å². The summed E-state index contributed by atoms with van der Waals surface area (Å²) in [4.78, 5) is 11.8. The standard InChI is InChI=1S/C11H11NO3S/c1-12-8-6-4-3-5-7(8)9(13)10(11(12)14)16(2)15/h3-6,13H,1-2H3. The minimum Gasteiger partial charge on any atom is -0.611 e. The topological polar surface area (TPSA) is 65.3 Å². The number of para-hydroxylation sites is 1. The van der Waals surface area contributed by atoms with Crippen molar-refractivity contribution in [2.24, 2.45) is 7.05 Å². The quantitative estimate of drug-likeness (QED) is 0.752. The monoisotopic (exact) mass is 237 g/mol. The van der Waals surface area contributed by atoms with E-state index in [4.69, 9.17) is 0 Å². The van der Waals surface area contributed by atoms with Crippen LogP contribution in [-0.4, -0.2) is 20.5 Å². The van der Waals surface area contributed by atoms with Gasteiger partial charge in [-0.3, -0.25) is 4.79 Å². The molecule has 2 aromatic rings. The molecule has 16 heavy (non-hydrogen) atoms. The first kappa shape index (κ1) is 11.0. The van der Waals surface area contributed by atoms with Crippen LogP contribution < -0.4 is 5.56 Å². The lowest BCUT2D eigenvalue weighted by molar-refractivity contribution is 0.461. The predicted octanol–water partition coefficient (Wildman–Crippen LogP) is 0.981. The molecule has 0 bridgehead atoms. The van der Waals surface area contributed by atoms with Gasteiger partial charge in [0, 0.05) is 12.4 Å². The van der Waals surface area contributed by atoms with Gasteiger partial charge >= 0.3 is 5.56 Å². The Bertz CT molecular complexity index is 604. The molecule has 0 aliphatic carbocycles. The van der Waals surface area contributed by atoms with Gasteiger partial charge in [-0.1, -0.05) is 12.1 Å². The normalized spacial score (nSPS) is 12.9. The molecule has 0 saturated heterocycles. The highest BCUT2D eigenvalue weighted by atomic mass is 32.2. The van der Waals surface area contributed by atoms with Gasteiger partial charge in [0.2, 0.25) is 0 Å². The number of nitrogens with zero attached hydrogens (tertiary/aromatic N) is 1. The number of benzene rings is 1. The van der Waals surface area contributed by atoms with Crippen LogP contribution in [0.15, 0.2) is 34.0 Å². The third kappa shape index (κ3) is 1.48. The lowest BCUT2D eigenvalue weighted by atomic mass is 10.2. The Morgan fingerprint density at radius 2 is 2.00 bits per heavy atom. The number of hydrogen-bond donors (Lipinski definition) is 1. The molecule has 1 N–H and O–H groups in total. The summed E-state index contributed by atoms with van der Waals surface area (Å²) >= 11 is -1.50. The maximum atomic E-state index is 11.9. The van der Waals surface area contributed by atoms with Gasteiger partial charge in [-0.2, -0.15) is 0 Å². The fourth-order valence-electron chi connectivity index (χ4n) is 1.71. The van der Waals surface area contributed by atoms with Gasteiger partial charge in [-0.25, -0.2) is 0 Å². The highest BCUT2D eigenvalue weighted by Gasteiger charge is 2.21. The first-order valence-corrected chi connectivity index (χ1v) is 6.24. The molecular weight excluding hydrogens is 226 g/mol. The van der Waals surface area contributed by atoms with Crippen molar-refractivity contribution in [3.63, 3.8) is 0 Å². The van der Waals surface area contributed by atoms with Crippen molar-refractivity contribution in [1.29, 1.82) is 0 Å². The minimum absolute atomic E-state index is 0.0406. The van der Waals surface area contributed by atoms with Crippen LogP contribution in [0.1, 0.15) is 0 Å². The van der Waals surface area contributed by atoms with Crippen molar-refractivity contribution in [3.05, 3.63) is 34.6 Å². The average molecular weight is 237 g/mol. The van der Waals surface area contributed by atoms with E-state index in [1.165, 1.54) is 10.8 Å².